The van der Waals surface area contributed by atoms with Gasteiger partial charge in [-0.15, -0.1) is 0 Å². The van der Waals surface area contributed by atoms with Crippen LogP contribution in [0, 0.1) is 6.92 Å². The molecule has 0 amide bonds. The second kappa shape index (κ2) is 6.37. The Morgan fingerprint density at radius 2 is 1.74 bits per heavy atom. The van der Waals surface area contributed by atoms with E-state index in [9.17, 15) is 4.79 Å². The third kappa shape index (κ3) is 3.57. The summed E-state index contributed by atoms with van der Waals surface area (Å²) >= 11 is 0. The Kier molecular flexibility index (Phi) is 4.56. The van der Waals surface area contributed by atoms with Gasteiger partial charge in [-0.2, -0.15) is 0 Å². The molecule has 0 radical (unpaired) electrons. The lowest BCUT2D eigenvalue weighted by Gasteiger charge is -2.07. The van der Waals surface area contributed by atoms with E-state index in [0.29, 0.717) is 0 Å². The fraction of sp³-hybridized carbons (Fsp3) is 0.353. The third-order valence-electron chi connectivity index (χ3n) is 3.34. The van der Waals surface area contributed by atoms with Gasteiger partial charge in [-0.05, 0) is 43.0 Å². The maximum Gasteiger partial charge on any atom is 0.255 e. The molecule has 2 heteroatoms. The number of aryl methyl sites for hydroxylation is 2. The zero-order chi connectivity index (χ0) is 13.7. The molecule has 2 aromatic rings. The Hall–Kier alpha value is -1.83. The van der Waals surface area contributed by atoms with Gasteiger partial charge in [-0.25, -0.2) is 0 Å². The van der Waals surface area contributed by atoms with E-state index in [-0.39, 0.29) is 5.56 Å². The van der Waals surface area contributed by atoms with Crippen LogP contribution in [0.2, 0.25) is 0 Å². The highest BCUT2D eigenvalue weighted by atomic mass is 16.1. The number of pyridine rings is 1. The molecule has 0 aliphatic carbocycles. The topological polar surface area (TPSA) is 22.0 Å². The zero-order valence-corrected chi connectivity index (χ0v) is 11.7. The van der Waals surface area contributed by atoms with Gasteiger partial charge in [0.1, 0.15) is 0 Å². The minimum atomic E-state index is 0.0179. The van der Waals surface area contributed by atoms with E-state index in [0.717, 1.165) is 17.7 Å². The van der Waals surface area contributed by atoms with Gasteiger partial charge in [0.15, 0.2) is 0 Å². The first-order chi connectivity index (χ1) is 9.20. The fourth-order valence-electron chi connectivity index (χ4n) is 2.20. The van der Waals surface area contributed by atoms with Crippen LogP contribution in [0.3, 0.4) is 0 Å². The Morgan fingerprint density at radius 3 is 2.42 bits per heavy atom. The van der Waals surface area contributed by atoms with Gasteiger partial charge in [0.05, 0.1) is 0 Å². The number of nitrogens with zero attached hydrogens (tertiary/aromatic N) is 1. The lowest BCUT2D eigenvalue weighted by Crippen LogP contribution is -2.16. The summed E-state index contributed by atoms with van der Waals surface area (Å²) in [4.78, 5) is 11.8. The van der Waals surface area contributed by atoms with Crippen LogP contribution >= 0.6 is 0 Å². The summed E-state index contributed by atoms with van der Waals surface area (Å²) in [6, 6.07) is 11.8. The lowest BCUT2D eigenvalue weighted by molar-refractivity contribution is 0.717. The molecule has 0 fully saturated rings. The molecule has 2 rings (SSSR count). The normalized spacial score (nSPS) is 10.6. The smallest absolute Gasteiger partial charge is 0.255 e. The van der Waals surface area contributed by atoms with E-state index in [1.165, 1.54) is 24.8 Å². The van der Waals surface area contributed by atoms with Crippen molar-refractivity contribution in [3.05, 3.63) is 64.1 Å². The highest BCUT2D eigenvalue weighted by molar-refractivity contribution is 5.35. The Morgan fingerprint density at radius 1 is 1.00 bits per heavy atom. The van der Waals surface area contributed by atoms with Gasteiger partial charge < -0.3 is 0 Å². The van der Waals surface area contributed by atoms with Gasteiger partial charge in [0.2, 0.25) is 0 Å². The minimum Gasteiger partial charge on any atom is -0.284 e. The minimum absolute atomic E-state index is 0.0179. The highest BCUT2D eigenvalue weighted by Gasteiger charge is 2.00. The van der Waals surface area contributed by atoms with E-state index < -0.39 is 0 Å². The Balaban J connectivity index is 2.18. The zero-order valence-electron chi connectivity index (χ0n) is 11.7. The molecule has 0 unspecified atom stereocenters. The first kappa shape index (κ1) is 13.6. The maximum absolute atomic E-state index is 11.8. The predicted molar refractivity (Wildman–Crippen MR) is 80.0 cm³/mol. The second-order valence-corrected chi connectivity index (χ2v) is 5.04. The SMILES string of the molecule is CCCCCc1ccc(-n2cc(C)ccc2=O)cc1. The number of benzene rings is 1. The maximum atomic E-state index is 11.8. The molecule has 19 heavy (non-hydrogen) atoms. The molecular weight excluding hydrogens is 234 g/mol. The van der Waals surface area contributed by atoms with Crippen LogP contribution in [0.1, 0.15) is 37.3 Å². The van der Waals surface area contributed by atoms with E-state index in [1.807, 2.05) is 31.3 Å². The molecule has 0 N–H and O–H groups in total. The predicted octanol–water partition coefficient (Wildman–Crippen LogP) is 3.88. The highest BCUT2D eigenvalue weighted by Crippen LogP contribution is 2.11. The van der Waals surface area contributed by atoms with Crippen LogP contribution in [-0.4, -0.2) is 4.57 Å². The van der Waals surface area contributed by atoms with E-state index >= 15 is 0 Å². The molecule has 0 aliphatic rings. The first-order valence-corrected chi connectivity index (χ1v) is 6.99. The quantitative estimate of drug-likeness (QED) is 0.743. The summed E-state index contributed by atoms with van der Waals surface area (Å²) in [6.07, 6.45) is 6.77. The van der Waals surface area contributed by atoms with E-state index in [1.54, 1.807) is 10.6 Å². The Bertz CT molecular complexity index is 581. The number of unbranched alkanes of at least 4 members (excludes halogenated alkanes) is 2. The molecule has 0 aliphatic heterocycles. The van der Waals surface area contributed by atoms with Crippen molar-refractivity contribution >= 4 is 0 Å². The molecule has 100 valence electrons. The van der Waals surface area contributed by atoms with Crippen LogP contribution in [0.15, 0.2) is 47.4 Å². The molecule has 1 aromatic heterocycles. The molecule has 0 atom stereocenters. The van der Waals surface area contributed by atoms with Crippen LogP contribution in [0.5, 0.6) is 0 Å². The first-order valence-electron chi connectivity index (χ1n) is 6.99. The summed E-state index contributed by atoms with van der Waals surface area (Å²) in [7, 11) is 0. The molecular formula is C17H21NO. The van der Waals surface area contributed by atoms with Crippen molar-refractivity contribution in [3.8, 4) is 5.69 Å². The molecule has 0 bridgehead atoms. The molecule has 1 heterocycles. The second-order valence-electron chi connectivity index (χ2n) is 5.04. The van der Waals surface area contributed by atoms with Crippen LogP contribution in [0.25, 0.3) is 5.69 Å². The lowest BCUT2D eigenvalue weighted by atomic mass is 10.1. The average molecular weight is 255 g/mol. The average Bonchev–Trinajstić information content (AvgIpc) is 2.43. The molecule has 0 saturated carbocycles. The van der Waals surface area contributed by atoms with Gasteiger partial charge in [0, 0.05) is 18.0 Å². The van der Waals surface area contributed by atoms with Crippen molar-refractivity contribution in [1.82, 2.24) is 4.57 Å². The van der Waals surface area contributed by atoms with Gasteiger partial charge in [-0.3, -0.25) is 9.36 Å². The van der Waals surface area contributed by atoms with Crippen LogP contribution in [-0.2, 0) is 6.42 Å². The largest absolute Gasteiger partial charge is 0.284 e. The van der Waals surface area contributed by atoms with Gasteiger partial charge in [-0.1, -0.05) is 38.0 Å². The number of hydrogen-bond donors (Lipinski definition) is 0. The summed E-state index contributed by atoms with van der Waals surface area (Å²) in [5.74, 6) is 0. The number of hydrogen-bond acceptors (Lipinski definition) is 1. The molecule has 0 saturated heterocycles. The van der Waals surface area contributed by atoms with Gasteiger partial charge in [0.25, 0.3) is 5.56 Å². The van der Waals surface area contributed by atoms with E-state index in [4.69, 9.17) is 0 Å². The summed E-state index contributed by atoms with van der Waals surface area (Å²) in [5.41, 5.74) is 3.39. The Labute approximate surface area is 114 Å². The van der Waals surface area contributed by atoms with E-state index in [2.05, 4.69) is 19.1 Å². The van der Waals surface area contributed by atoms with Crippen molar-refractivity contribution in [2.24, 2.45) is 0 Å². The summed E-state index contributed by atoms with van der Waals surface area (Å²) in [5, 5.41) is 0. The van der Waals surface area contributed by atoms with Gasteiger partial charge >= 0.3 is 0 Å². The van der Waals surface area contributed by atoms with Crippen molar-refractivity contribution in [1.29, 1.82) is 0 Å². The standard InChI is InChI=1S/C17H21NO/c1-3-4-5-6-15-8-10-16(11-9-15)18-13-14(2)7-12-17(18)19/h7-13H,3-6H2,1-2H3. The van der Waals surface area contributed by atoms with Crippen molar-refractivity contribution in [2.45, 2.75) is 39.5 Å². The molecule has 2 nitrogen and oxygen atoms in total. The van der Waals surface area contributed by atoms with Crippen LogP contribution < -0.4 is 5.56 Å². The molecule has 1 aromatic carbocycles. The van der Waals surface area contributed by atoms with Crippen molar-refractivity contribution < 1.29 is 0 Å². The summed E-state index contributed by atoms with van der Waals surface area (Å²) < 4.78 is 1.70. The third-order valence-corrected chi connectivity index (χ3v) is 3.34. The van der Waals surface area contributed by atoms with Crippen LogP contribution in [0.4, 0.5) is 0 Å². The molecule has 0 spiro atoms. The fourth-order valence-corrected chi connectivity index (χ4v) is 2.20. The van der Waals surface area contributed by atoms with Crippen molar-refractivity contribution in [2.75, 3.05) is 0 Å². The van der Waals surface area contributed by atoms with Crippen molar-refractivity contribution in [3.63, 3.8) is 0 Å². The monoisotopic (exact) mass is 255 g/mol. The number of rotatable bonds is 5. The number of aromatic nitrogens is 1. The summed E-state index contributed by atoms with van der Waals surface area (Å²) in [6.45, 7) is 4.21.